The lowest BCUT2D eigenvalue weighted by Gasteiger charge is -2.36. The highest BCUT2D eigenvalue weighted by atomic mass is 32.1. The molecule has 7 nitrogen and oxygen atoms in total. The van der Waals surface area contributed by atoms with Crippen molar-refractivity contribution in [1.82, 2.24) is 20.4 Å². The number of nitrogens with two attached hydrogens (primary N) is 1. The first-order valence-electron chi connectivity index (χ1n) is 8.86. The minimum absolute atomic E-state index is 0.213. The van der Waals surface area contributed by atoms with Crippen molar-refractivity contribution in [1.29, 1.82) is 0 Å². The summed E-state index contributed by atoms with van der Waals surface area (Å²) in [6, 6.07) is -0.430. The molecule has 0 spiro atoms. The SMILES string of the molecule is CC1=CC=C(NC(=O)C(=O)N[C@H]2CCC(C(=S)N(C)C)C[C@H]2N)N(C)C1. The molecule has 26 heavy (non-hydrogen) atoms. The third kappa shape index (κ3) is 5.04. The number of hydrogen-bond donors (Lipinski definition) is 3. The second kappa shape index (κ2) is 8.64. The average molecular weight is 380 g/mol. The Morgan fingerprint density at radius 3 is 2.54 bits per heavy atom. The van der Waals surface area contributed by atoms with Gasteiger partial charge in [0.25, 0.3) is 0 Å². The van der Waals surface area contributed by atoms with Gasteiger partial charge in [0.15, 0.2) is 0 Å². The molecular weight excluding hydrogens is 350 g/mol. The number of carbonyl (C=O) groups is 2. The van der Waals surface area contributed by atoms with Crippen LogP contribution < -0.4 is 16.4 Å². The predicted octanol–water partition coefficient (Wildman–Crippen LogP) is 0.337. The van der Waals surface area contributed by atoms with Gasteiger partial charge in [-0.2, -0.15) is 0 Å². The molecule has 2 rings (SSSR count). The maximum absolute atomic E-state index is 12.3. The third-order valence-electron chi connectivity index (χ3n) is 4.88. The van der Waals surface area contributed by atoms with Crippen LogP contribution in [0, 0.1) is 5.92 Å². The van der Waals surface area contributed by atoms with Gasteiger partial charge in [0.1, 0.15) is 5.82 Å². The molecular formula is C18H29N5O2S. The molecule has 0 radical (unpaired) electrons. The van der Waals surface area contributed by atoms with Gasteiger partial charge in [-0.3, -0.25) is 9.59 Å². The summed E-state index contributed by atoms with van der Waals surface area (Å²) in [5, 5.41) is 5.43. The average Bonchev–Trinajstić information content (AvgIpc) is 2.58. The molecule has 4 N–H and O–H groups in total. The van der Waals surface area contributed by atoms with Crippen molar-refractivity contribution in [2.24, 2.45) is 11.7 Å². The lowest BCUT2D eigenvalue weighted by atomic mass is 9.82. The van der Waals surface area contributed by atoms with E-state index in [1.807, 2.05) is 43.9 Å². The highest BCUT2D eigenvalue weighted by Gasteiger charge is 2.32. The third-order valence-corrected chi connectivity index (χ3v) is 5.58. The van der Waals surface area contributed by atoms with E-state index in [4.69, 9.17) is 18.0 Å². The Morgan fingerprint density at radius 1 is 1.27 bits per heavy atom. The molecule has 0 saturated heterocycles. The van der Waals surface area contributed by atoms with Gasteiger partial charge < -0.3 is 26.2 Å². The van der Waals surface area contributed by atoms with E-state index in [9.17, 15) is 9.59 Å². The fourth-order valence-corrected chi connectivity index (χ4v) is 3.59. The molecule has 0 aromatic carbocycles. The molecule has 8 heteroatoms. The Balaban J connectivity index is 1.88. The Hall–Kier alpha value is -1.93. The summed E-state index contributed by atoms with van der Waals surface area (Å²) < 4.78 is 0. The summed E-state index contributed by atoms with van der Waals surface area (Å²) in [4.78, 5) is 29.2. The molecule has 2 aliphatic rings. The van der Waals surface area contributed by atoms with Crippen LogP contribution in [-0.2, 0) is 9.59 Å². The van der Waals surface area contributed by atoms with Crippen molar-refractivity contribution in [3.05, 3.63) is 23.5 Å². The second-order valence-corrected chi connectivity index (χ2v) is 7.78. The van der Waals surface area contributed by atoms with E-state index in [0.29, 0.717) is 25.2 Å². The zero-order chi connectivity index (χ0) is 19.4. The fourth-order valence-electron chi connectivity index (χ4n) is 3.38. The topological polar surface area (TPSA) is 90.7 Å². The number of nitrogens with one attached hydrogen (secondary N) is 2. The molecule has 0 bridgehead atoms. The summed E-state index contributed by atoms with van der Waals surface area (Å²) in [5.74, 6) is -0.470. The van der Waals surface area contributed by atoms with Crippen LogP contribution in [0.2, 0.25) is 0 Å². The molecule has 0 aromatic rings. The highest BCUT2D eigenvalue weighted by molar-refractivity contribution is 7.80. The minimum atomic E-state index is -0.672. The normalized spacial score (nSPS) is 25.7. The van der Waals surface area contributed by atoms with Gasteiger partial charge in [0, 0.05) is 45.7 Å². The molecule has 3 atom stereocenters. The minimum Gasteiger partial charge on any atom is -0.372 e. The Bertz CT molecular complexity index is 643. The molecule has 1 saturated carbocycles. The standard InChI is InChI=1S/C18H29N5O2S/c1-11-5-8-15(23(4)10-11)21-17(25)16(24)20-14-7-6-12(9-13(14)19)18(26)22(2)3/h5,8,12-14H,6-7,9-10,19H2,1-4H3,(H,20,24)(H,21,25)/t12?,13-,14+/m1/s1. The van der Waals surface area contributed by atoms with Crippen LogP contribution in [0.1, 0.15) is 26.2 Å². The van der Waals surface area contributed by atoms with Gasteiger partial charge in [-0.25, -0.2) is 0 Å². The van der Waals surface area contributed by atoms with E-state index in [-0.39, 0.29) is 18.0 Å². The number of nitrogens with zero attached hydrogens (tertiary/aromatic N) is 2. The maximum Gasteiger partial charge on any atom is 0.314 e. The summed E-state index contributed by atoms with van der Waals surface area (Å²) in [7, 11) is 5.73. The summed E-state index contributed by atoms with van der Waals surface area (Å²) in [5.41, 5.74) is 7.41. The first-order valence-corrected chi connectivity index (χ1v) is 9.27. The summed E-state index contributed by atoms with van der Waals surface area (Å²) in [6.07, 6.45) is 6.00. The number of amides is 2. The molecule has 1 fully saturated rings. The van der Waals surface area contributed by atoms with E-state index in [2.05, 4.69) is 10.6 Å². The van der Waals surface area contributed by atoms with E-state index < -0.39 is 11.8 Å². The van der Waals surface area contributed by atoms with Gasteiger partial charge >= 0.3 is 11.8 Å². The van der Waals surface area contributed by atoms with Crippen molar-refractivity contribution < 1.29 is 9.59 Å². The van der Waals surface area contributed by atoms with Gasteiger partial charge in [-0.05, 0) is 32.3 Å². The number of thiocarbonyl (C=S) groups is 1. The molecule has 2 amide bonds. The Kier molecular flexibility index (Phi) is 6.77. The highest BCUT2D eigenvalue weighted by Crippen LogP contribution is 2.25. The lowest BCUT2D eigenvalue weighted by Crippen LogP contribution is -2.55. The largest absolute Gasteiger partial charge is 0.372 e. The van der Waals surface area contributed by atoms with E-state index >= 15 is 0 Å². The first-order chi connectivity index (χ1) is 12.2. The summed E-state index contributed by atoms with van der Waals surface area (Å²) in [6.45, 7) is 2.73. The summed E-state index contributed by atoms with van der Waals surface area (Å²) >= 11 is 5.43. The number of hydrogen-bond acceptors (Lipinski definition) is 5. The Morgan fingerprint density at radius 2 is 1.96 bits per heavy atom. The van der Waals surface area contributed by atoms with Crippen LogP contribution in [-0.4, -0.2) is 66.4 Å². The van der Waals surface area contributed by atoms with Crippen molar-refractivity contribution in [2.45, 2.75) is 38.3 Å². The van der Waals surface area contributed by atoms with Gasteiger partial charge in [-0.15, -0.1) is 0 Å². The van der Waals surface area contributed by atoms with Crippen molar-refractivity contribution >= 4 is 29.0 Å². The number of likely N-dealkylation sites (N-methyl/N-ethyl adjacent to an activating group) is 1. The zero-order valence-corrected chi connectivity index (χ0v) is 16.7. The van der Waals surface area contributed by atoms with Crippen molar-refractivity contribution in [3.63, 3.8) is 0 Å². The molecule has 1 unspecified atom stereocenters. The second-order valence-electron chi connectivity index (χ2n) is 7.36. The number of carbonyl (C=O) groups excluding carboxylic acids is 2. The van der Waals surface area contributed by atoms with Crippen LogP contribution in [0.4, 0.5) is 0 Å². The van der Waals surface area contributed by atoms with Crippen LogP contribution >= 0.6 is 12.2 Å². The van der Waals surface area contributed by atoms with Gasteiger partial charge in [0.2, 0.25) is 0 Å². The van der Waals surface area contributed by atoms with E-state index in [0.717, 1.165) is 11.4 Å². The lowest BCUT2D eigenvalue weighted by molar-refractivity contribution is -0.139. The van der Waals surface area contributed by atoms with Crippen LogP contribution in [0.25, 0.3) is 0 Å². The van der Waals surface area contributed by atoms with Crippen LogP contribution in [0.3, 0.4) is 0 Å². The zero-order valence-electron chi connectivity index (χ0n) is 15.9. The van der Waals surface area contributed by atoms with Crippen LogP contribution in [0.15, 0.2) is 23.5 Å². The van der Waals surface area contributed by atoms with Gasteiger partial charge in [-0.1, -0.05) is 23.9 Å². The number of allylic oxidation sites excluding steroid dienone is 2. The molecule has 0 aromatic heterocycles. The Labute approximate surface area is 160 Å². The van der Waals surface area contributed by atoms with Gasteiger partial charge in [0.05, 0.1) is 4.99 Å². The number of rotatable bonds is 3. The van der Waals surface area contributed by atoms with E-state index in [1.165, 1.54) is 5.57 Å². The molecule has 1 aliphatic carbocycles. The molecule has 1 aliphatic heterocycles. The monoisotopic (exact) mass is 379 g/mol. The molecule has 144 valence electrons. The maximum atomic E-state index is 12.3. The van der Waals surface area contributed by atoms with Crippen molar-refractivity contribution in [2.75, 3.05) is 27.7 Å². The smallest absolute Gasteiger partial charge is 0.314 e. The quantitative estimate of drug-likeness (QED) is 0.484. The fraction of sp³-hybridized carbons (Fsp3) is 0.611. The van der Waals surface area contributed by atoms with E-state index in [1.54, 1.807) is 6.08 Å². The van der Waals surface area contributed by atoms with Crippen LogP contribution in [0.5, 0.6) is 0 Å². The van der Waals surface area contributed by atoms with Crippen molar-refractivity contribution in [3.8, 4) is 0 Å². The predicted molar refractivity (Wildman–Crippen MR) is 106 cm³/mol. The molecule has 1 heterocycles. The first kappa shape index (κ1) is 20.4.